The summed E-state index contributed by atoms with van der Waals surface area (Å²) in [5.41, 5.74) is 3.06. The number of aromatic amines is 1. The van der Waals surface area contributed by atoms with Crippen molar-refractivity contribution >= 4 is 23.4 Å². The van der Waals surface area contributed by atoms with E-state index in [0.29, 0.717) is 0 Å². The summed E-state index contributed by atoms with van der Waals surface area (Å²) in [5, 5.41) is 12.5. The van der Waals surface area contributed by atoms with E-state index in [9.17, 15) is 14.7 Å². The summed E-state index contributed by atoms with van der Waals surface area (Å²) >= 11 is 0. The van der Waals surface area contributed by atoms with Crippen LogP contribution in [0.3, 0.4) is 0 Å². The number of aromatic nitrogens is 2. The van der Waals surface area contributed by atoms with E-state index in [2.05, 4.69) is 15.3 Å². The Kier molecular flexibility index (Phi) is 2.52. The van der Waals surface area contributed by atoms with Crippen LogP contribution >= 0.6 is 0 Å². The average Bonchev–Trinajstić information content (AvgIpc) is 2.23. The van der Waals surface area contributed by atoms with E-state index in [1.807, 2.05) is 0 Å². The molecule has 1 unspecified atom stereocenters. The third-order valence-corrected chi connectivity index (χ3v) is 3.98. The summed E-state index contributed by atoms with van der Waals surface area (Å²) in [5.74, 6) is -0.763. The van der Waals surface area contributed by atoms with E-state index in [4.69, 9.17) is 5.73 Å². The molecule has 0 spiro atoms. The van der Waals surface area contributed by atoms with Gasteiger partial charge < -0.3 is 21.1 Å². The third-order valence-electron chi connectivity index (χ3n) is 3.98. The van der Waals surface area contributed by atoms with Crippen molar-refractivity contribution in [1.29, 1.82) is 0 Å². The van der Waals surface area contributed by atoms with Gasteiger partial charge in [0, 0.05) is 7.05 Å². The van der Waals surface area contributed by atoms with Gasteiger partial charge in [-0.3, -0.25) is 9.78 Å². The van der Waals surface area contributed by atoms with Gasteiger partial charge in [0.25, 0.3) is 5.56 Å². The minimum absolute atomic E-state index is 0.0145. The maximum absolute atomic E-state index is 12.0. The number of nitrogen functional groups attached to an aromatic ring is 1. The number of nitrogens with two attached hydrogens (primary N) is 1. The molecule has 1 aliphatic rings. The lowest BCUT2D eigenvalue weighted by Gasteiger charge is -2.51. The van der Waals surface area contributed by atoms with Crippen molar-refractivity contribution in [3.63, 3.8) is 0 Å². The SMILES string of the molecule is CN1c2c(nc(N)[nH]c2=O)NC(C)(C)C1(C)C(=O)O. The average molecular weight is 267 g/mol. The smallest absolute Gasteiger partial charge is 0.331 e. The lowest BCUT2D eigenvalue weighted by atomic mass is 9.77. The van der Waals surface area contributed by atoms with Gasteiger partial charge >= 0.3 is 5.97 Å². The van der Waals surface area contributed by atoms with Crippen LogP contribution in [0.1, 0.15) is 20.8 Å². The fourth-order valence-corrected chi connectivity index (χ4v) is 2.35. The lowest BCUT2D eigenvalue weighted by molar-refractivity contribution is -0.144. The van der Waals surface area contributed by atoms with E-state index in [1.54, 1.807) is 27.8 Å². The third kappa shape index (κ3) is 1.56. The van der Waals surface area contributed by atoms with Crippen LogP contribution in [0.2, 0.25) is 0 Å². The van der Waals surface area contributed by atoms with E-state index >= 15 is 0 Å². The first kappa shape index (κ1) is 13.2. The topological polar surface area (TPSA) is 124 Å². The summed E-state index contributed by atoms with van der Waals surface area (Å²) < 4.78 is 0. The zero-order valence-corrected chi connectivity index (χ0v) is 11.2. The molecule has 2 rings (SSSR count). The molecule has 1 aromatic heterocycles. The molecule has 0 saturated carbocycles. The molecule has 1 aromatic rings. The molecule has 104 valence electrons. The Morgan fingerprint density at radius 3 is 2.53 bits per heavy atom. The van der Waals surface area contributed by atoms with E-state index in [1.165, 1.54) is 4.90 Å². The predicted molar refractivity (Wildman–Crippen MR) is 71.4 cm³/mol. The Hall–Kier alpha value is -2.25. The summed E-state index contributed by atoms with van der Waals surface area (Å²) in [6.45, 7) is 5.03. The molecular weight excluding hydrogens is 250 g/mol. The van der Waals surface area contributed by atoms with Gasteiger partial charge in [-0.15, -0.1) is 0 Å². The number of carbonyl (C=O) groups is 1. The van der Waals surface area contributed by atoms with Gasteiger partial charge in [0.15, 0.2) is 11.4 Å². The Bertz CT molecular complexity index is 609. The number of likely N-dealkylation sites (N-methyl/N-ethyl adjacent to an activating group) is 1. The molecule has 1 aliphatic heterocycles. The number of carboxylic acids is 1. The van der Waals surface area contributed by atoms with Crippen molar-refractivity contribution in [2.75, 3.05) is 23.0 Å². The zero-order valence-electron chi connectivity index (χ0n) is 11.2. The van der Waals surface area contributed by atoms with Crippen molar-refractivity contribution in [2.24, 2.45) is 0 Å². The number of nitrogens with one attached hydrogen (secondary N) is 2. The number of anilines is 3. The number of aliphatic carboxylic acids is 1. The van der Waals surface area contributed by atoms with Crippen LogP contribution in [0.4, 0.5) is 17.5 Å². The van der Waals surface area contributed by atoms with Gasteiger partial charge in [-0.25, -0.2) is 4.79 Å². The Labute approximate surface area is 109 Å². The molecule has 19 heavy (non-hydrogen) atoms. The molecule has 0 amide bonds. The van der Waals surface area contributed by atoms with Gasteiger partial charge in [0.2, 0.25) is 5.95 Å². The number of nitrogens with zero attached hydrogens (tertiary/aromatic N) is 2. The van der Waals surface area contributed by atoms with Gasteiger partial charge in [0.1, 0.15) is 5.69 Å². The highest BCUT2D eigenvalue weighted by Crippen LogP contribution is 2.40. The summed E-state index contributed by atoms with van der Waals surface area (Å²) in [4.78, 5) is 31.4. The molecule has 8 nitrogen and oxygen atoms in total. The van der Waals surface area contributed by atoms with Crippen LogP contribution in [0.25, 0.3) is 0 Å². The van der Waals surface area contributed by atoms with Gasteiger partial charge in [0.05, 0.1) is 5.54 Å². The Balaban J connectivity index is 2.75. The van der Waals surface area contributed by atoms with E-state index < -0.39 is 22.6 Å². The molecule has 0 radical (unpaired) electrons. The molecule has 2 heterocycles. The highest BCUT2D eigenvalue weighted by molar-refractivity contribution is 5.90. The molecule has 1 atom stereocenters. The normalized spacial score (nSPS) is 24.5. The first-order chi connectivity index (χ1) is 8.61. The Morgan fingerprint density at radius 2 is 2.00 bits per heavy atom. The monoisotopic (exact) mass is 267 g/mol. The second-order valence-electron chi connectivity index (χ2n) is 5.33. The first-order valence-corrected chi connectivity index (χ1v) is 5.76. The number of H-pyrrole nitrogens is 1. The molecule has 0 saturated heterocycles. The highest BCUT2D eigenvalue weighted by atomic mass is 16.4. The largest absolute Gasteiger partial charge is 0.479 e. The van der Waals surface area contributed by atoms with Gasteiger partial charge in [-0.1, -0.05) is 0 Å². The molecule has 0 bridgehead atoms. The zero-order chi connectivity index (χ0) is 14.6. The number of fused-ring (bicyclic) bond motifs is 1. The number of rotatable bonds is 1. The predicted octanol–water partition coefficient (Wildman–Crippen LogP) is -0.164. The standard InChI is InChI=1S/C11H17N5O3/c1-10(2)11(3,8(18)19)16(4)5-6(15-10)13-9(12)14-7(5)17/h1-4H3,(H,18,19)(H4,12,13,14,15,17). The van der Waals surface area contributed by atoms with Crippen LogP contribution < -0.4 is 21.5 Å². The van der Waals surface area contributed by atoms with Crippen molar-refractivity contribution in [1.82, 2.24) is 9.97 Å². The van der Waals surface area contributed by atoms with Crippen LogP contribution in [0, 0.1) is 0 Å². The molecule has 5 N–H and O–H groups in total. The fourth-order valence-electron chi connectivity index (χ4n) is 2.35. The van der Waals surface area contributed by atoms with E-state index in [-0.39, 0.29) is 17.5 Å². The van der Waals surface area contributed by atoms with Crippen molar-refractivity contribution < 1.29 is 9.90 Å². The maximum atomic E-state index is 12.0. The van der Waals surface area contributed by atoms with Crippen molar-refractivity contribution in [3.05, 3.63) is 10.4 Å². The summed E-state index contributed by atoms with van der Waals surface area (Å²) in [7, 11) is 1.56. The molecule has 8 heteroatoms. The molecule has 0 aliphatic carbocycles. The number of carboxylic acid groups (broad SMARTS) is 1. The number of hydrogen-bond donors (Lipinski definition) is 4. The van der Waals surface area contributed by atoms with Crippen molar-refractivity contribution in [2.45, 2.75) is 31.8 Å². The minimum Gasteiger partial charge on any atom is -0.479 e. The van der Waals surface area contributed by atoms with Crippen LogP contribution in [-0.2, 0) is 4.79 Å². The summed E-state index contributed by atoms with van der Waals surface area (Å²) in [6.07, 6.45) is 0. The molecule has 0 fully saturated rings. The molecule has 0 aromatic carbocycles. The van der Waals surface area contributed by atoms with Gasteiger partial charge in [-0.2, -0.15) is 4.98 Å². The lowest BCUT2D eigenvalue weighted by Crippen LogP contribution is -2.70. The second kappa shape index (κ2) is 3.62. The first-order valence-electron chi connectivity index (χ1n) is 5.76. The summed E-state index contributed by atoms with van der Waals surface area (Å²) in [6, 6.07) is 0. The fraction of sp³-hybridized carbons (Fsp3) is 0.545. The molecular formula is C11H17N5O3. The van der Waals surface area contributed by atoms with Crippen molar-refractivity contribution in [3.8, 4) is 0 Å². The van der Waals surface area contributed by atoms with E-state index in [0.717, 1.165) is 0 Å². The Morgan fingerprint density at radius 1 is 1.42 bits per heavy atom. The number of hydrogen-bond acceptors (Lipinski definition) is 6. The second-order valence-corrected chi connectivity index (χ2v) is 5.33. The quantitative estimate of drug-likeness (QED) is 0.557. The van der Waals surface area contributed by atoms with Gasteiger partial charge in [-0.05, 0) is 20.8 Å². The van der Waals surface area contributed by atoms with Crippen LogP contribution in [0.5, 0.6) is 0 Å². The highest BCUT2D eigenvalue weighted by Gasteiger charge is 2.55. The van der Waals surface area contributed by atoms with Crippen LogP contribution in [0.15, 0.2) is 4.79 Å². The minimum atomic E-state index is -1.30. The maximum Gasteiger partial charge on any atom is 0.331 e. The van der Waals surface area contributed by atoms with Crippen LogP contribution in [-0.4, -0.2) is 39.2 Å².